The number of para-hydroxylation sites is 1. The van der Waals surface area contributed by atoms with Gasteiger partial charge >= 0.3 is 0 Å². The minimum absolute atomic E-state index is 0.405. The summed E-state index contributed by atoms with van der Waals surface area (Å²) in [5.41, 5.74) is 5.14. The molecule has 122 valence electrons. The third kappa shape index (κ3) is 2.50. The van der Waals surface area contributed by atoms with Crippen molar-refractivity contribution in [3.05, 3.63) is 72.2 Å². The highest BCUT2D eigenvalue weighted by Crippen LogP contribution is 2.24. The van der Waals surface area contributed by atoms with Gasteiger partial charge in [-0.2, -0.15) is 5.10 Å². The van der Waals surface area contributed by atoms with Gasteiger partial charge in [0.1, 0.15) is 0 Å². The van der Waals surface area contributed by atoms with Gasteiger partial charge in [0, 0.05) is 29.5 Å². The molecule has 3 nitrogen and oxygen atoms in total. The highest BCUT2D eigenvalue weighted by atomic mass is 15.2. The molecular weight excluding hydrogens is 294 g/mol. The Hall–Kier alpha value is -2.55. The van der Waals surface area contributed by atoms with Crippen LogP contribution in [0.2, 0.25) is 0 Å². The lowest BCUT2D eigenvalue weighted by Gasteiger charge is -2.16. The Morgan fingerprint density at radius 1 is 0.958 bits per heavy atom. The summed E-state index contributed by atoms with van der Waals surface area (Å²) in [6, 6.07) is 15.6. The number of hydrogen-bond acceptors (Lipinski definition) is 1. The Bertz CT molecular complexity index is 991. The summed E-state index contributed by atoms with van der Waals surface area (Å²) in [6.45, 7) is 6.70. The lowest BCUT2D eigenvalue weighted by atomic mass is 10.0. The predicted octanol–water partition coefficient (Wildman–Crippen LogP) is 5.22. The summed E-state index contributed by atoms with van der Waals surface area (Å²) in [4.78, 5) is 0. The summed E-state index contributed by atoms with van der Waals surface area (Å²) < 4.78 is 4.38. The van der Waals surface area contributed by atoms with Crippen LogP contribution in [0.15, 0.2) is 61.1 Å². The Kier molecular flexibility index (Phi) is 3.64. The third-order valence-corrected chi connectivity index (χ3v) is 4.86. The number of rotatable bonds is 4. The summed E-state index contributed by atoms with van der Waals surface area (Å²) in [5.74, 6) is 0.499. The number of hydrogen-bond donors (Lipinski definition) is 0. The van der Waals surface area contributed by atoms with E-state index in [4.69, 9.17) is 0 Å². The van der Waals surface area contributed by atoms with Gasteiger partial charge in [0.25, 0.3) is 0 Å². The summed E-state index contributed by atoms with van der Waals surface area (Å²) in [5, 5.41) is 5.83. The SMILES string of the molecule is CC(C)c1cnn2cc(CC(C)n3ccc4ccccc43)ccc12. The summed E-state index contributed by atoms with van der Waals surface area (Å²) in [6.07, 6.45) is 7.35. The van der Waals surface area contributed by atoms with Crippen LogP contribution in [0.25, 0.3) is 16.4 Å². The van der Waals surface area contributed by atoms with Crippen molar-refractivity contribution in [3.63, 3.8) is 0 Å². The summed E-state index contributed by atoms with van der Waals surface area (Å²) >= 11 is 0. The van der Waals surface area contributed by atoms with Crippen LogP contribution in [-0.2, 0) is 6.42 Å². The van der Waals surface area contributed by atoms with E-state index in [-0.39, 0.29) is 0 Å². The van der Waals surface area contributed by atoms with Crippen molar-refractivity contribution in [2.24, 2.45) is 0 Å². The molecule has 0 radical (unpaired) electrons. The van der Waals surface area contributed by atoms with Crippen molar-refractivity contribution in [1.29, 1.82) is 0 Å². The van der Waals surface area contributed by atoms with E-state index in [1.165, 1.54) is 27.5 Å². The fraction of sp³-hybridized carbons (Fsp3) is 0.286. The fourth-order valence-electron chi connectivity index (χ4n) is 3.54. The highest BCUT2D eigenvalue weighted by Gasteiger charge is 2.11. The standard InChI is InChI=1S/C21H23N3/c1-15(2)19-13-22-24-14-17(8-9-21(19)24)12-16(3)23-11-10-18-6-4-5-7-20(18)23/h4-11,13-16H,12H2,1-3H3. The molecule has 1 aromatic carbocycles. The van der Waals surface area contributed by atoms with E-state index < -0.39 is 0 Å². The molecule has 0 aliphatic rings. The van der Waals surface area contributed by atoms with Crippen LogP contribution in [-0.4, -0.2) is 14.2 Å². The van der Waals surface area contributed by atoms with Crippen molar-refractivity contribution < 1.29 is 0 Å². The average molecular weight is 317 g/mol. The first-order valence-corrected chi connectivity index (χ1v) is 8.65. The normalized spacial score (nSPS) is 13.2. The zero-order chi connectivity index (χ0) is 16.7. The first kappa shape index (κ1) is 15.0. The Labute approximate surface area is 142 Å². The molecule has 0 amide bonds. The van der Waals surface area contributed by atoms with Crippen LogP contribution in [0.3, 0.4) is 0 Å². The van der Waals surface area contributed by atoms with Gasteiger partial charge in [-0.15, -0.1) is 0 Å². The van der Waals surface area contributed by atoms with Gasteiger partial charge in [-0.25, -0.2) is 4.52 Å². The smallest absolute Gasteiger partial charge is 0.0696 e. The molecule has 0 fully saturated rings. The molecule has 24 heavy (non-hydrogen) atoms. The van der Waals surface area contributed by atoms with E-state index in [9.17, 15) is 0 Å². The number of fused-ring (bicyclic) bond motifs is 2. The first-order valence-electron chi connectivity index (χ1n) is 8.65. The van der Waals surface area contributed by atoms with Gasteiger partial charge in [-0.1, -0.05) is 38.1 Å². The van der Waals surface area contributed by atoms with Gasteiger partial charge < -0.3 is 4.57 Å². The van der Waals surface area contributed by atoms with E-state index in [0.29, 0.717) is 12.0 Å². The molecule has 1 unspecified atom stereocenters. The van der Waals surface area contributed by atoms with Gasteiger partial charge in [0.05, 0.1) is 11.7 Å². The molecule has 3 aromatic heterocycles. The van der Waals surface area contributed by atoms with E-state index in [2.05, 4.69) is 85.3 Å². The third-order valence-electron chi connectivity index (χ3n) is 4.86. The lowest BCUT2D eigenvalue weighted by Crippen LogP contribution is -2.07. The Balaban J connectivity index is 1.64. The number of aromatic nitrogens is 3. The van der Waals surface area contributed by atoms with Gasteiger partial charge in [-0.05, 0) is 48.4 Å². The lowest BCUT2D eigenvalue weighted by molar-refractivity contribution is 0.561. The molecule has 0 N–H and O–H groups in total. The van der Waals surface area contributed by atoms with Crippen LogP contribution >= 0.6 is 0 Å². The maximum Gasteiger partial charge on any atom is 0.0696 e. The monoisotopic (exact) mass is 317 g/mol. The van der Waals surface area contributed by atoms with E-state index >= 15 is 0 Å². The highest BCUT2D eigenvalue weighted by molar-refractivity contribution is 5.80. The molecule has 0 saturated carbocycles. The molecule has 0 aliphatic heterocycles. The molecule has 0 spiro atoms. The molecule has 0 bridgehead atoms. The molecule has 0 saturated heterocycles. The van der Waals surface area contributed by atoms with Gasteiger partial charge in [0.15, 0.2) is 0 Å². The van der Waals surface area contributed by atoms with Gasteiger partial charge in [0.2, 0.25) is 0 Å². The first-order chi connectivity index (χ1) is 11.6. The zero-order valence-corrected chi connectivity index (χ0v) is 14.5. The molecule has 1 atom stereocenters. The molecular formula is C21H23N3. The quantitative estimate of drug-likeness (QED) is 0.506. The second-order valence-corrected chi connectivity index (χ2v) is 6.96. The number of pyridine rings is 1. The maximum absolute atomic E-state index is 4.53. The van der Waals surface area contributed by atoms with Crippen molar-refractivity contribution in [2.75, 3.05) is 0 Å². The second kappa shape index (κ2) is 5.82. The maximum atomic E-state index is 4.53. The fourth-order valence-corrected chi connectivity index (χ4v) is 3.54. The second-order valence-electron chi connectivity index (χ2n) is 6.96. The van der Waals surface area contributed by atoms with E-state index in [1.807, 2.05) is 10.7 Å². The van der Waals surface area contributed by atoms with Crippen molar-refractivity contribution in [2.45, 2.75) is 39.2 Å². The largest absolute Gasteiger partial charge is 0.344 e. The minimum atomic E-state index is 0.405. The molecule has 3 heterocycles. The van der Waals surface area contributed by atoms with Crippen molar-refractivity contribution in [3.8, 4) is 0 Å². The predicted molar refractivity (Wildman–Crippen MR) is 99.6 cm³/mol. The van der Waals surface area contributed by atoms with Crippen molar-refractivity contribution >= 4 is 16.4 Å². The summed E-state index contributed by atoms with van der Waals surface area (Å²) in [7, 11) is 0. The van der Waals surface area contributed by atoms with Crippen LogP contribution in [0.1, 0.15) is 43.9 Å². The topological polar surface area (TPSA) is 22.2 Å². The number of benzene rings is 1. The molecule has 0 aliphatic carbocycles. The Morgan fingerprint density at radius 2 is 1.79 bits per heavy atom. The zero-order valence-electron chi connectivity index (χ0n) is 14.5. The van der Waals surface area contributed by atoms with Crippen LogP contribution < -0.4 is 0 Å². The van der Waals surface area contributed by atoms with Crippen LogP contribution in [0.5, 0.6) is 0 Å². The van der Waals surface area contributed by atoms with E-state index in [1.54, 1.807) is 0 Å². The molecule has 3 heteroatoms. The van der Waals surface area contributed by atoms with Crippen molar-refractivity contribution in [1.82, 2.24) is 14.2 Å². The molecule has 4 rings (SSSR count). The average Bonchev–Trinajstić information content (AvgIpc) is 3.18. The molecule has 4 aromatic rings. The minimum Gasteiger partial charge on any atom is -0.344 e. The van der Waals surface area contributed by atoms with Crippen LogP contribution in [0.4, 0.5) is 0 Å². The van der Waals surface area contributed by atoms with E-state index in [0.717, 1.165) is 6.42 Å². The number of nitrogens with zero attached hydrogens (tertiary/aromatic N) is 3. The van der Waals surface area contributed by atoms with Crippen LogP contribution in [0, 0.1) is 0 Å². The Morgan fingerprint density at radius 3 is 2.62 bits per heavy atom. The van der Waals surface area contributed by atoms with Gasteiger partial charge in [-0.3, -0.25) is 0 Å².